The van der Waals surface area contributed by atoms with Crippen molar-refractivity contribution in [2.75, 3.05) is 31.5 Å². The number of aromatic nitrogens is 2. The van der Waals surface area contributed by atoms with Crippen LogP contribution in [0.5, 0.6) is 0 Å². The highest BCUT2D eigenvalue weighted by molar-refractivity contribution is 5.94. The predicted octanol–water partition coefficient (Wildman–Crippen LogP) is 2.91. The molecule has 0 bridgehead atoms. The third-order valence-electron chi connectivity index (χ3n) is 3.99. The van der Waals surface area contributed by atoms with Gasteiger partial charge in [-0.25, -0.2) is 9.97 Å². The molecule has 0 atom stereocenters. The molecule has 0 aliphatic heterocycles. The number of hydrogen-bond donors (Lipinski definition) is 2. The summed E-state index contributed by atoms with van der Waals surface area (Å²) in [6.45, 7) is 11.6. The van der Waals surface area contributed by atoms with Crippen molar-refractivity contribution in [1.29, 1.82) is 0 Å². The highest BCUT2D eigenvalue weighted by Gasteiger charge is 2.07. The van der Waals surface area contributed by atoms with E-state index in [9.17, 15) is 4.79 Å². The van der Waals surface area contributed by atoms with Crippen LogP contribution in [0.4, 0.5) is 11.6 Å². The molecular formula is C19H27N5O. The van der Waals surface area contributed by atoms with Crippen molar-refractivity contribution in [3.8, 4) is 0 Å². The first-order chi connectivity index (χ1) is 12.0. The van der Waals surface area contributed by atoms with Crippen LogP contribution in [0.15, 0.2) is 30.3 Å². The number of nitrogens with zero attached hydrogens (tertiary/aromatic N) is 3. The molecule has 1 heterocycles. The van der Waals surface area contributed by atoms with E-state index in [1.807, 2.05) is 32.0 Å². The summed E-state index contributed by atoms with van der Waals surface area (Å²) in [7, 11) is 0. The van der Waals surface area contributed by atoms with Crippen LogP contribution in [0.1, 0.15) is 35.6 Å². The Hall–Kier alpha value is -2.47. The molecule has 0 aliphatic carbocycles. The molecule has 2 aromatic rings. The molecule has 1 aromatic heterocycles. The minimum absolute atomic E-state index is 0.0543. The van der Waals surface area contributed by atoms with E-state index in [4.69, 9.17) is 0 Å². The number of carbonyl (C=O) groups is 1. The average Bonchev–Trinajstić information content (AvgIpc) is 2.58. The Morgan fingerprint density at radius 3 is 2.20 bits per heavy atom. The van der Waals surface area contributed by atoms with Crippen LogP contribution < -0.4 is 10.6 Å². The van der Waals surface area contributed by atoms with E-state index in [0.717, 1.165) is 36.7 Å². The molecule has 1 aromatic carbocycles. The number of rotatable bonds is 8. The number of carbonyl (C=O) groups excluding carboxylic acids is 1. The number of benzene rings is 1. The van der Waals surface area contributed by atoms with Gasteiger partial charge >= 0.3 is 0 Å². The Bertz CT molecular complexity index is 675. The number of likely N-dealkylation sites (N-methyl/N-ethyl adjacent to an activating group) is 1. The summed E-state index contributed by atoms with van der Waals surface area (Å²) in [6, 6.07) is 9.26. The van der Waals surface area contributed by atoms with Crippen LogP contribution in [0.3, 0.4) is 0 Å². The van der Waals surface area contributed by atoms with E-state index in [1.165, 1.54) is 0 Å². The van der Waals surface area contributed by atoms with Gasteiger partial charge in [0.25, 0.3) is 5.91 Å². The van der Waals surface area contributed by atoms with Crippen LogP contribution in [-0.4, -0.2) is 47.0 Å². The second kappa shape index (κ2) is 9.13. The topological polar surface area (TPSA) is 70.2 Å². The van der Waals surface area contributed by atoms with Crippen LogP contribution in [0, 0.1) is 13.8 Å². The maximum atomic E-state index is 12.2. The quantitative estimate of drug-likeness (QED) is 0.772. The molecule has 1 amide bonds. The molecule has 0 aliphatic rings. The van der Waals surface area contributed by atoms with Crippen molar-refractivity contribution in [2.45, 2.75) is 27.7 Å². The third kappa shape index (κ3) is 5.83. The molecule has 6 nitrogen and oxygen atoms in total. The van der Waals surface area contributed by atoms with Crippen LogP contribution >= 0.6 is 0 Å². The van der Waals surface area contributed by atoms with E-state index in [0.29, 0.717) is 18.1 Å². The van der Waals surface area contributed by atoms with Gasteiger partial charge in [-0.15, -0.1) is 0 Å². The van der Waals surface area contributed by atoms with Crippen molar-refractivity contribution >= 4 is 17.5 Å². The Balaban J connectivity index is 1.91. The summed E-state index contributed by atoms with van der Waals surface area (Å²) in [5.74, 6) is 0.510. The van der Waals surface area contributed by atoms with Gasteiger partial charge in [-0.1, -0.05) is 13.8 Å². The fourth-order valence-electron chi connectivity index (χ4n) is 2.59. The van der Waals surface area contributed by atoms with Gasteiger partial charge in [0, 0.05) is 35.7 Å². The zero-order valence-electron chi connectivity index (χ0n) is 15.5. The molecule has 2 N–H and O–H groups in total. The molecule has 0 saturated carbocycles. The second-order valence-corrected chi connectivity index (χ2v) is 5.96. The lowest BCUT2D eigenvalue weighted by Crippen LogP contribution is -2.34. The first-order valence-corrected chi connectivity index (χ1v) is 8.71. The Morgan fingerprint density at radius 2 is 1.64 bits per heavy atom. The number of hydrogen-bond acceptors (Lipinski definition) is 5. The summed E-state index contributed by atoms with van der Waals surface area (Å²) in [6.07, 6.45) is 0. The van der Waals surface area contributed by atoms with Crippen molar-refractivity contribution in [3.63, 3.8) is 0 Å². The fourth-order valence-corrected chi connectivity index (χ4v) is 2.59. The number of anilines is 2. The van der Waals surface area contributed by atoms with Gasteiger partial charge in [0.05, 0.1) is 0 Å². The summed E-state index contributed by atoms with van der Waals surface area (Å²) in [4.78, 5) is 23.2. The van der Waals surface area contributed by atoms with Gasteiger partial charge in [0.2, 0.25) is 5.95 Å². The first kappa shape index (κ1) is 18.9. The maximum absolute atomic E-state index is 12.2. The highest BCUT2D eigenvalue weighted by atomic mass is 16.1. The van der Waals surface area contributed by atoms with E-state index < -0.39 is 0 Å². The SMILES string of the molecule is CCN(CC)CCNC(=O)c1ccc(Nc2nc(C)cc(C)n2)cc1. The molecule has 0 fully saturated rings. The summed E-state index contributed by atoms with van der Waals surface area (Å²) >= 11 is 0. The Morgan fingerprint density at radius 1 is 1.04 bits per heavy atom. The number of nitrogens with one attached hydrogen (secondary N) is 2. The first-order valence-electron chi connectivity index (χ1n) is 8.71. The van der Waals surface area contributed by atoms with Crippen molar-refractivity contribution in [1.82, 2.24) is 20.2 Å². The van der Waals surface area contributed by atoms with Gasteiger partial charge in [-0.05, 0) is 57.3 Å². The van der Waals surface area contributed by atoms with Crippen LogP contribution in [0.25, 0.3) is 0 Å². The smallest absolute Gasteiger partial charge is 0.251 e. The molecular weight excluding hydrogens is 314 g/mol. The Kier molecular flexibility index (Phi) is 6.89. The lowest BCUT2D eigenvalue weighted by atomic mass is 10.2. The average molecular weight is 341 g/mol. The van der Waals surface area contributed by atoms with Gasteiger partial charge < -0.3 is 15.5 Å². The molecule has 0 unspecified atom stereocenters. The van der Waals surface area contributed by atoms with Crippen molar-refractivity contribution in [3.05, 3.63) is 47.3 Å². The zero-order chi connectivity index (χ0) is 18.2. The third-order valence-corrected chi connectivity index (χ3v) is 3.99. The summed E-state index contributed by atoms with van der Waals surface area (Å²) in [5.41, 5.74) is 3.33. The molecule has 2 rings (SSSR count). The van der Waals surface area contributed by atoms with Crippen molar-refractivity contribution in [2.24, 2.45) is 0 Å². The van der Waals surface area contributed by atoms with Gasteiger partial charge in [0.15, 0.2) is 0 Å². The molecule has 0 radical (unpaired) electrons. The van der Waals surface area contributed by atoms with Gasteiger partial charge in [-0.2, -0.15) is 0 Å². The second-order valence-electron chi connectivity index (χ2n) is 5.96. The minimum atomic E-state index is -0.0543. The number of aryl methyl sites for hydroxylation is 2. The largest absolute Gasteiger partial charge is 0.351 e. The molecule has 6 heteroatoms. The zero-order valence-corrected chi connectivity index (χ0v) is 15.5. The maximum Gasteiger partial charge on any atom is 0.251 e. The molecule has 134 valence electrons. The van der Waals surface area contributed by atoms with Gasteiger partial charge in [0.1, 0.15) is 0 Å². The summed E-state index contributed by atoms with van der Waals surface area (Å²) < 4.78 is 0. The van der Waals surface area contributed by atoms with E-state index in [-0.39, 0.29) is 5.91 Å². The van der Waals surface area contributed by atoms with Crippen LogP contribution in [0.2, 0.25) is 0 Å². The normalized spacial score (nSPS) is 10.8. The van der Waals surface area contributed by atoms with Crippen molar-refractivity contribution < 1.29 is 4.79 Å². The lowest BCUT2D eigenvalue weighted by Gasteiger charge is -2.18. The fraction of sp³-hybridized carbons (Fsp3) is 0.421. The van der Waals surface area contributed by atoms with E-state index in [1.54, 1.807) is 12.1 Å². The van der Waals surface area contributed by atoms with Gasteiger partial charge in [-0.3, -0.25) is 4.79 Å². The Labute approximate surface area is 149 Å². The monoisotopic (exact) mass is 341 g/mol. The van der Waals surface area contributed by atoms with Crippen LogP contribution in [-0.2, 0) is 0 Å². The molecule has 0 spiro atoms. The van der Waals surface area contributed by atoms with E-state index in [2.05, 4.69) is 39.3 Å². The van der Waals surface area contributed by atoms with E-state index >= 15 is 0 Å². The lowest BCUT2D eigenvalue weighted by molar-refractivity contribution is 0.0949. The highest BCUT2D eigenvalue weighted by Crippen LogP contribution is 2.15. The molecule has 25 heavy (non-hydrogen) atoms. The minimum Gasteiger partial charge on any atom is -0.351 e. The number of amides is 1. The molecule has 0 saturated heterocycles. The predicted molar refractivity (Wildman–Crippen MR) is 101 cm³/mol. The summed E-state index contributed by atoms with van der Waals surface area (Å²) in [5, 5.41) is 6.12. The standard InChI is InChI=1S/C19H27N5O/c1-5-24(6-2)12-11-20-18(25)16-7-9-17(10-8-16)23-19-21-14(3)13-15(4)22-19/h7-10,13H,5-6,11-12H2,1-4H3,(H,20,25)(H,21,22,23).